The maximum atomic E-state index is 11.3. The zero-order chi connectivity index (χ0) is 26.1. The molecule has 0 unspecified atom stereocenters. The molecule has 2 atom stereocenters. The molecule has 0 radical (unpaired) electrons. The minimum Gasteiger partial charge on any atom is -0.493 e. The summed E-state index contributed by atoms with van der Waals surface area (Å²) in [5, 5.41) is 31.1. The minimum atomic E-state index is -1.35. The van der Waals surface area contributed by atoms with Crippen molar-refractivity contribution >= 4 is 5.97 Å². The molecule has 36 heavy (non-hydrogen) atoms. The first-order valence-electron chi connectivity index (χ1n) is 12.7. The predicted molar refractivity (Wildman–Crippen MR) is 140 cm³/mol. The van der Waals surface area contributed by atoms with E-state index in [4.69, 9.17) is 9.47 Å². The molecular weight excluding hydrogens is 460 g/mol. The Morgan fingerprint density at radius 2 is 1.64 bits per heavy atom. The van der Waals surface area contributed by atoms with Crippen molar-refractivity contribution in [1.29, 1.82) is 0 Å². The number of hydrogen-bond donors (Lipinski definition) is 4. The summed E-state index contributed by atoms with van der Waals surface area (Å²) in [6.45, 7) is 9.20. The normalized spacial score (nSPS) is 17.6. The van der Waals surface area contributed by atoms with E-state index in [-0.39, 0.29) is 6.10 Å². The maximum absolute atomic E-state index is 11.3. The van der Waals surface area contributed by atoms with Gasteiger partial charge in [-0.1, -0.05) is 24.3 Å². The molecule has 4 N–H and O–H groups in total. The van der Waals surface area contributed by atoms with Crippen LogP contribution in [0.25, 0.3) is 11.1 Å². The average molecular weight is 501 g/mol. The van der Waals surface area contributed by atoms with Crippen LogP contribution in [0.5, 0.6) is 11.5 Å². The minimum absolute atomic E-state index is 0.191. The van der Waals surface area contributed by atoms with Crippen LogP contribution in [-0.4, -0.2) is 83.8 Å². The number of carbonyl (C=O) groups is 1. The molecule has 8 nitrogen and oxygen atoms in total. The van der Waals surface area contributed by atoms with Gasteiger partial charge in [0.2, 0.25) is 0 Å². The number of β-amino-alcohol motifs (C(OH)–C–C–N with tert-alkyl or cyclic N) is 1. The largest absolute Gasteiger partial charge is 0.493 e. The molecule has 1 fully saturated rings. The molecule has 0 amide bonds. The second kappa shape index (κ2) is 13.1. The fourth-order valence-corrected chi connectivity index (χ4v) is 4.43. The van der Waals surface area contributed by atoms with Gasteiger partial charge in [0.15, 0.2) is 0 Å². The first kappa shape index (κ1) is 27.9. The highest BCUT2D eigenvalue weighted by atomic mass is 16.5. The van der Waals surface area contributed by atoms with Crippen molar-refractivity contribution in [2.45, 2.75) is 51.7 Å². The number of likely N-dealkylation sites (tertiary alicyclic amines) is 1. The monoisotopic (exact) mass is 500 g/mol. The zero-order valence-corrected chi connectivity index (χ0v) is 21.6. The van der Waals surface area contributed by atoms with Crippen LogP contribution in [0.15, 0.2) is 36.4 Å². The van der Waals surface area contributed by atoms with Gasteiger partial charge in [0.1, 0.15) is 17.0 Å². The number of benzene rings is 2. The number of carboxylic acids is 1. The first-order chi connectivity index (χ1) is 17.2. The number of nitrogens with one attached hydrogen (secondary N) is 1. The van der Waals surface area contributed by atoms with E-state index in [1.54, 1.807) is 0 Å². The Kier molecular flexibility index (Phi) is 10.1. The van der Waals surface area contributed by atoms with Crippen LogP contribution in [-0.2, 0) is 4.79 Å². The topological polar surface area (TPSA) is 111 Å². The Bertz CT molecular complexity index is 1010. The van der Waals surface area contributed by atoms with Crippen molar-refractivity contribution in [2.24, 2.45) is 0 Å². The standard InChI is InChI=1S/C28H40N2O6/c1-20-23(8-4-10-25(20)35-16-6-13-29-28(3,19-31)27(33)34)24-9-5-11-26(21(24)2)36-17-7-14-30-15-12-22(32)18-30/h4-5,8-11,22,29,31-32H,6-7,12-19H2,1-3H3,(H,33,34)/t22-,28+/m1/s1. The third-order valence-electron chi connectivity index (χ3n) is 6.86. The number of nitrogens with zero attached hydrogens (tertiary/aromatic N) is 1. The van der Waals surface area contributed by atoms with E-state index in [0.29, 0.717) is 26.2 Å². The number of hydrogen-bond acceptors (Lipinski definition) is 7. The maximum Gasteiger partial charge on any atom is 0.326 e. The lowest BCUT2D eigenvalue weighted by Gasteiger charge is -2.23. The second-order valence-corrected chi connectivity index (χ2v) is 9.73. The highest BCUT2D eigenvalue weighted by Gasteiger charge is 2.31. The SMILES string of the molecule is Cc1c(OCCCN[C@@](C)(CO)C(=O)O)cccc1-c1cccc(OCCCN2CC[C@@H](O)C2)c1C. The number of ether oxygens (including phenoxy) is 2. The third kappa shape index (κ3) is 7.20. The molecule has 8 heteroatoms. The molecular formula is C28H40N2O6. The Balaban J connectivity index is 1.56. The van der Waals surface area contributed by atoms with Gasteiger partial charge in [-0.25, -0.2) is 0 Å². The second-order valence-electron chi connectivity index (χ2n) is 9.73. The molecule has 2 aromatic rings. The summed E-state index contributed by atoms with van der Waals surface area (Å²) in [5.41, 5.74) is 2.94. The van der Waals surface area contributed by atoms with Gasteiger partial charge in [0, 0.05) is 19.6 Å². The molecule has 0 spiro atoms. The smallest absolute Gasteiger partial charge is 0.326 e. The molecule has 0 saturated carbocycles. The lowest BCUT2D eigenvalue weighted by atomic mass is 9.95. The number of carboxylic acid groups (broad SMARTS) is 1. The van der Waals surface area contributed by atoms with Gasteiger partial charge in [0.25, 0.3) is 0 Å². The fraction of sp³-hybridized carbons (Fsp3) is 0.536. The first-order valence-corrected chi connectivity index (χ1v) is 12.7. The number of aliphatic hydroxyl groups excluding tert-OH is 2. The van der Waals surface area contributed by atoms with Gasteiger partial charge in [-0.05, 0) is 81.0 Å². The van der Waals surface area contributed by atoms with E-state index >= 15 is 0 Å². The summed E-state index contributed by atoms with van der Waals surface area (Å²) in [6, 6.07) is 12.1. The van der Waals surface area contributed by atoms with Gasteiger partial charge >= 0.3 is 5.97 Å². The molecule has 0 bridgehead atoms. The molecule has 0 aliphatic carbocycles. The average Bonchev–Trinajstić information content (AvgIpc) is 3.28. The van der Waals surface area contributed by atoms with Crippen LogP contribution in [0.4, 0.5) is 0 Å². The molecule has 1 heterocycles. The van der Waals surface area contributed by atoms with Crippen molar-refractivity contribution in [2.75, 3.05) is 46.0 Å². The van der Waals surface area contributed by atoms with E-state index < -0.39 is 18.1 Å². The quantitative estimate of drug-likeness (QED) is 0.293. The van der Waals surface area contributed by atoms with Gasteiger partial charge in [-0.2, -0.15) is 0 Å². The van der Waals surface area contributed by atoms with E-state index in [0.717, 1.165) is 66.2 Å². The molecule has 1 saturated heterocycles. The summed E-state index contributed by atoms with van der Waals surface area (Å²) in [6.07, 6.45) is 2.18. The highest BCUT2D eigenvalue weighted by Crippen LogP contribution is 2.35. The predicted octanol–water partition coefficient (Wildman–Crippen LogP) is 3.00. The van der Waals surface area contributed by atoms with Gasteiger partial charge < -0.3 is 35.0 Å². The van der Waals surface area contributed by atoms with Crippen molar-refractivity contribution in [3.05, 3.63) is 47.5 Å². The van der Waals surface area contributed by atoms with E-state index in [1.165, 1.54) is 6.92 Å². The van der Waals surface area contributed by atoms with Crippen LogP contribution in [0.3, 0.4) is 0 Å². The lowest BCUT2D eigenvalue weighted by Crippen LogP contribution is -2.52. The van der Waals surface area contributed by atoms with Crippen molar-refractivity contribution in [3.63, 3.8) is 0 Å². The Morgan fingerprint density at radius 3 is 2.14 bits per heavy atom. The Morgan fingerprint density at radius 1 is 1.06 bits per heavy atom. The van der Waals surface area contributed by atoms with Crippen LogP contribution in [0.1, 0.15) is 37.3 Å². The Hall–Kier alpha value is -2.65. The van der Waals surface area contributed by atoms with Crippen molar-refractivity contribution in [3.8, 4) is 22.6 Å². The summed E-state index contributed by atoms with van der Waals surface area (Å²) in [4.78, 5) is 13.5. The van der Waals surface area contributed by atoms with Gasteiger partial charge in [-0.15, -0.1) is 0 Å². The summed E-state index contributed by atoms with van der Waals surface area (Å²) < 4.78 is 12.1. The summed E-state index contributed by atoms with van der Waals surface area (Å²) >= 11 is 0. The highest BCUT2D eigenvalue weighted by molar-refractivity contribution is 5.78. The van der Waals surface area contributed by atoms with Crippen molar-refractivity contribution in [1.82, 2.24) is 10.2 Å². The number of rotatable bonds is 14. The molecule has 198 valence electrons. The fourth-order valence-electron chi connectivity index (χ4n) is 4.43. The third-order valence-corrected chi connectivity index (χ3v) is 6.86. The molecule has 1 aliphatic rings. The van der Waals surface area contributed by atoms with E-state index in [1.807, 2.05) is 31.2 Å². The Labute approximate surface area is 213 Å². The van der Waals surface area contributed by atoms with Crippen LogP contribution in [0.2, 0.25) is 0 Å². The van der Waals surface area contributed by atoms with E-state index in [9.17, 15) is 20.1 Å². The number of aliphatic hydroxyl groups is 2. The molecule has 2 aromatic carbocycles. The van der Waals surface area contributed by atoms with E-state index in [2.05, 4.69) is 29.3 Å². The zero-order valence-electron chi connectivity index (χ0n) is 21.6. The van der Waals surface area contributed by atoms with Crippen LogP contribution < -0.4 is 14.8 Å². The molecule has 0 aromatic heterocycles. The summed E-state index contributed by atoms with van der Waals surface area (Å²) in [5.74, 6) is 0.577. The van der Waals surface area contributed by atoms with Gasteiger partial charge in [0.05, 0.1) is 25.9 Å². The molecule has 1 aliphatic heterocycles. The van der Waals surface area contributed by atoms with Crippen molar-refractivity contribution < 1.29 is 29.6 Å². The van der Waals surface area contributed by atoms with Crippen LogP contribution >= 0.6 is 0 Å². The summed E-state index contributed by atoms with van der Waals surface area (Å²) in [7, 11) is 0. The van der Waals surface area contributed by atoms with Gasteiger partial charge in [-0.3, -0.25) is 4.79 Å². The van der Waals surface area contributed by atoms with Crippen LogP contribution in [0, 0.1) is 13.8 Å². The number of aliphatic carboxylic acids is 1. The molecule has 3 rings (SSSR count). The lowest BCUT2D eigenvalue weighted by molar-refractivity contribution is -0.145.